The summed E-state index contributed by atoms with van der Waals surface area (Å²) in [5, 5.41) is 2.67. The number of fused-ring (bicyclic) bond motifs is 1. The molecule has 118 valence electrons. The zero-order valence-electron chi connectivity index (χ0n) is 12.3. The number of benzene rings is 1. The molecule has 0 spiro atoms. The lowest BCUT2D eigenvalue weighted by molar-refractivity contribution is -0.124. The van der Waals surface area contributed by atoms with E-state index in [0.717, 1.165) is 16.6 Å². The highest BCUT2D eigenvalue weighted by Gasteiger charge is 2.11. The average Bonchev–Trinajstić information content (AvgIpc) is 2.99. The van der Waals surface area contributed by atoms with Crippen molar-refractivity contribution in [1.82, 2.24) is 10.3 Å². The third-order valence-electron chi connectivity index (χ3n) is 2.89. The van der Waals surface area contributed by atoms with Crippen LogP contribution >= 0.6 is 11.3 Å². The second-order valence-electron chi connectivity index (χ2n) is 4.51. The summed E-state index contributed by atoms with van der Waals surface area (Å²) in [5.74, 6) is -0.830. The molecule has 22 heavy (non-hydrogen) atoms. The molecule has 7 heteroatoms. The number of carbonyl (C=O) groups is 2. The lowest BCUT2D eigenvalue weighted by Gasteiger charge is -2.06. The molecule has 1 amide bonds. The van der Waals surface area contributed by atoms with Crippen molar-refractivity contribution in [1.29, 1.82) is 0 Å². The zero-order valence-corrected chi connectivity index (χ0v) is 13.1. The predicted octanol–water partition coefficient (Wildman–Crippen LogP) is 2.00. The van der Waals surface area contributed by atoms with Gasteiger partial charge in [-0.05, 0) is 31.5 Å². The number of hydrogen-bond acceptors (Lipinski definition) is 6. The van der Waals surface area contributed by atoms with E-state index in [0.29, 0.717) is 25.3 Å². The molecule has 2 rings (SSSR count). The van der Waals surface area contributed by atoms with E-state index in [1.165, 1.54) is 11.3 Å². The van der Waals surface area contributed by atoms with Gasteiger partial charge in [-0.25, -0.2) is 9.78 Å². The Labute approximate surface area is 132 Å². The van der Waals surface area contributed by atoms with Crippen LogP contribution in [0.1, 0.15) is 23.7 Å². The monoisotopic (exact) mass is 322 g/mol. The number of carbonyl (C=O) groups excluding carboxylic acids is 2. The summed E-state index contributed by atoms with van der Waals surface area (Å²) in [4.78, 5) is 27.6. The Morgan fingerprint density at radius 2 is 2.23 bits per heavy atom. The van der Waals surface area contributed by atoms with Crippen LogP contribution in [0.15, 0.2) is 23.7 Å². The SMILES string of the molecule is CCOCCCNC(=O)COC(=O)c1ccc2ncsc2c1. The minimum absolute atomic E-state index is 0.284. The fourth-order valence-corrected chi connectivity index (χ4v) is 2.51. The molecule has 0 saturated heterocycles. The van der Waals surface area contributed by atoms with E-state index in [2.05, 4.69) is 10.3 Å². The van der Waals surface area contributed by atoms with Crippen molar-refractivity contribution in [2.75, 3.05) is 26.4 Å². The Morgan fingerprint density at radius 1 is 1.36 bits per heavy atom. The Hall–Kier alpha value is -1.99. The Bertz CT molecular complexity index is 641. The summed E-state index contributed by atoms with van der Waals surface area (Å²) in [7, 11) is 0. The van der Waals surface area contributed by atoms with Crippen molar-refractivity contribution in [2.24, 2.45) is 0 Å². The highest BCUT2D eigenvalue weighted by Crippen LogP contribution is 2.19. The Morgan fingerprint density at radius 3 is 3.05 bits per heavy atom. The molecule has 0 unspecified atom stereocenters. The van der Waals surface area contributed by atoms with Gasteiger partial charge in [0.25, 0.3) is 5.91 Å². The van der Waals surface area contributed by atoms with Gasteiger partial charge in [0.05, 0.1) is 21.3 Å². The first-order valence-electron chi connectivity index (χ1n) is 7.05. The van der Waals surface area contributed by atoms with Gasteiger partial charge in [-0.15, -0.1) is 11.3 Å². The van der Waals surface area contributed by atoms with Crippen LogP contribution in [0, 0.1) is 0 Å². The fourth-order valence-electron chi connectivity index (χ4n) is 1.79. The molecule has 0 bridgehead atoms. The second kappa shape index (κ2) is 8.45. The third kappa shape index (κ3) is 4.78. The minimum atomic E-state index is -0.514. The highest BCUT2D eigenvalue weighted by molar-refractivity contribution is 7.16. The summed E-state index contributed by atoms with van der Waals surface area (Å²) in [6.07, 6.45) is 0.732. The molecule has 1 aromatic heterocycles. The van der Waals surface area contributed by atoms with Crippen molar-refractivity contribution in [2.45, 2.75) is 13.3 Å². The number of hydrogen-bond donors (Lipinski definition) is 1. The van der Waals surface area contributed by atoms with Gasteiger partial charge in [-0.3, -0.25) is 4.79 Å². The number of esters is 1. The summed E-state index contributed by atoms with van der Waals surface area (Å²) < 4.78 is 11.1. The lowest BCUT2D eigenvalue weighted by Crippen LogP contribution is -2.30. The predicted molar refractivity (Wildman–Crippen MR) is 84.0 cm³/mol. The van der Waals surface area contributed by atoms with Crippen LogP contribution < -0.4 is 5.32 Å². The van der Waals surface area contributed by atoms with E-state index in [1.54, 1.807) is 23.7 Å². The van der Waals surface area contributed by atoms with Crippen molar-refractivity contribution in [3.8, 4) is 0 Å². The molecular formula is C15H18N2O4S. The van der Waals surface area contributed by atoms with E-state index in [-0.39, 0.29) is 12.5 Å². The number of nitrogens with zero attached hydrogens (tertiary/aromatic N) is 1. The standard InChI is InChI=1S/C15H18N2O4S/c1-2-20-7-3-6-16-14(18)9-21-15(19)11-4-5-12-13(8-11)22-10-17-12/h4-5,8,10H,2-3,6-7,9H2,1H3,(H,16,18). The quantitative estimate of drug-likeness (QED) is 0.594. The molecule has 6 nitrogen and oxygen atoms in total. The number of nitrogens with one attached hydrogen (secondary N) is 1. The molecule has 1 aromatic carbocycles. The molecule has 1 N–H and O–H groups in total. The normalized spacial score (nSPS) is 10.6. The summed E-state index contributed by atoms with van der Waals surface area (Å²) in [6.45, 7) is 3.40. The van der Waals surface area contributed by atoms with E-state index >= 15 is 0 Å². The summed E-state index contributed by atoms with van der Waals surface area (Å²) >= 11 is 1.45. The van der Waals surface area contributed by atoms with E-state index in [9.17, 15) is 9.59 Å². The Balaban J connectivity index is 1.73. The van der Waals surface area contributed by atoms with Gasteiger partial charge < -0.3 is 14.8 Å². The van der Waals surface area contributed by atoms with Gasteiger partial charge in [-0.2, -0.15) is 0 Å². The molecular weight excluding hydrogens is 304 g/mol. The molecule has 1 heterocycles. The van der Waals surface area contributed by atoms with Gasteiger partial charge in [0.1, 0.15) is 0 Å². The van der Waals surface area contributed by atoms with Crippen molar-refractivity contribution < 1.29 is 19.1 Å². The maximum absolute atomic E-state index is 11.9. The number of rotatable bonds is 8. The van der Waals surface area contributed by atoms with E-state index in [1.807, 2.05) is 6.92 Å². The lowest BCUT2D eigenvalue weighted by atomic mass is 10.2. The van der Waals surface area contributed by atoms with Crippen LogP contribution in [0.25, 0.3) is 10.2 Å². The molecule has 0 aliphatic carbocycles. The minimum Gasteiger partial charge on any atom is -0.452 e. The summed E-state index contributed by atoms with van der Waals surface area (Å²) in [5.41, 5.74) is 2.98. The smallest absolute Gasteiger partial charge is 0.338 e. The molecule has 2 aromatic rings. The molecule has 0 fully saturated rings. The number of thiazole rings is 1. The van der Waals surface area contributed by atoms with Gasteiger partial charge in [0, 0.05) is 19.8 Å². The number of amides is 1. The van der Waals surface area contributed by atoms with Crippen LogP contribution in [0.3, 0.4) is 0 Å². The number of ether oxygens (including phenoxy) is 2. The molecule has 0 atom stereocenters. The Kier molecular flexibility index (Phi) is 6.29. The topological polar surface area (TPSA) is 77.5 Å². The highest BCUT2D eigenvalue weighted by atomic mass is 32.1. The van der Waals surface area contributed by atoms with Gasteiger partial charge in [-0.1, -0.05) is 0 Å². The van der Waals surface area contributed by atoms with Gasteiger partial charge in [0.2, 0.25) is 0 Å². The van der Waals surface area contributed by atoms with E-state index < -0.39 is 5.97 Å². The maximum Gasteiger partial charge on any atom is 0.338 e. The first-order valence-corrected chi connectivity index (χ1v) is 7.93. The maximum atomic E-state index is 11.9. The van der Waals surface area contributed by atoms with Crippen LogP contribution in [0.4, 0.5) is 0 Å². The fraction of sp³-hybridized carbons (Fsp3) is 0.400. The molecule has 0 aliphatic rings. The number of aromatic nitrogens is 1. The van der Waals surface area contributed by atoms with Crippen molar-refractivity contribution >= 4 is 33.4 Å². The van der Waals surface area contributed by atoms with Crippen molar-refractivity contribution in [3.05, 3.63) is 29.3 Å². The third-order valence-corrected chi connectivity index (χ3v) is 3.68. The molecule has 0 aliphatic heterocycles. The first kappa shape index (κ1) is 16.4. The summed E-state index contributed by atoms with van der Waals surface area (Å²) in [6, 6.07) is 5.12. The molecule has 0 radical (unpaired) electrons. The first-order chi connectivity index (χ1) is 10.7. The van der Waals surface area contributed by atoms with E-state index in [4.69, 9.17) is 9.47 Å². The van der Waals surface area contributed by atoms with Crippen LogP contribution in [-0.2, 0) is 14.3 Å². The van der Waals surface area contributed by atoms with Crippen LogP contribution in [0.5, 0.6) is 0 Å². The van der Waals surface area contributed by atoms with Crippen LogP contribution in [0.2, 0.25) is 0 Å². The zero-order chi connectivity index (χ0) is 15.8. The molecule has 0 saturated carbocycles. The second-order valence-corrected chi connectivity index (χ2v) is 5.40. The van der Waals surface area contributed by atoms with Gasteiger partial charge in [0.15, 0.2) is 6.61 Å². The average molecular weight is 322 g/mol. The largest absolute Gasteiger partial charge is 0.452 e. The van der Waals surface area contributed by atoms with Gasteiger partial charge >= 0.3 is 5.97 Å². The van der Waals surface area contributed by atoms with Crippen molar-refractivity contribution in [3.63, 3.8) is 0 Å². The van der Waals surface area contributed by atoms with Crippen LogP contribution in [-0.4, -0.2) is 43.2 Å².